The molecule has 0 fully saturated rings. The third kappa shape index (κ3) is 26.3. The largest absolute Gasteiger partial charge is 0.507 e. The molecule has 0 heterocycles. The molecule has 0 saturated carbocycles. The molecule has 0 bridgehead atoms. The van der Waals surface area contributed by atoms with E-state index in [0.29, 0.717) is 16.8 Å². The van der Waals surface area contributed by atoms with Gasteiger partial charge in [-0.2, -0.15) is 21.0 Å². The number of benzene rings is 3. The van der Waals surface area contributed by atoms with Crippen molar-refractivity contribution in [1.29, 1.82) is 21.0 Å². The number of allylic oxidation sites excluding steroid dienone is 9. The van der Waals surface area contributed by atoms with Crippen LogP contribution in [0, 0.1) is 57.2 Å². The van der Waals surface area contributed by atoms with Gasteiger partial charge in [0.2, 0.25) is 9.84 Å². The molecule has 408 valence electrons. The standard InChI is InChI=1S/2C24H31NO2.C9H7NO2S.C3H3Br2N.2CH3B/c2*1-5-6-7-9-19-15-22(26)24(23(16-19)27-13-8-12-25)21-14-18(4)10-11-20(21)17(2)3;10-7-4-8-13(11,12)9-5-2-1-3-6-9;4-1-3(5)2-6;2*1-2/h2*8,13-16,20-21,26H,2,5-7,9-11H2,1,3-4H3;1-6,8H;3H,1H2;2*1H3/b13-8+;13-8-;8-4+;;;/t2*20-,21+;;;;/m00..../s1/i;;;;2*1D. The first kappa shape index (κ1) is 67.2. The van der Waals surface area contributed by atoms with Crippen LogP contribution in [-0.4, -0.2) is 44.5 Å². The lowest BCUT2D eigenvalue weighted by Gasteiger charge is -2.32. The van der Waals surface area contributed by atoms with Crippen molar-refractivity contribution in [3.05, 3.63) is 161 Å². The Morgan fingerprint density at radius 3 is 1.48 bits per heavy atom. The fourth-order valence-electron chi connectivity index (χ4n) is 8.58. The monoisotopic (exact) mass is 1190 g/mol. The highest BCUT2D eigenvalue weighted by Crippen LogP contribution is 2.48. The molecule has 0 amide bonds. The lowest BCUT2D eigenvalue weighted by molar-refractivity contribution is 0.409. The lowest BCUT2D eigenvalue weighted by atomic mass is 9.73. The van der Waals surface area contributed by atoms with E-state index in [0.717, 1.165) is 122 Å². The van der Waals surface area contributed by atoms with E-state index in [2.05, 4.69) is 114 Å². The van der Waals surface area contributed by atoms with E-state index in [1.54, 1.807) is 24.3 Å². The van der Waals surface area contributed by atoms with Crippen molar-refractivity contribution < 1.29 is 30.8 Å². The number of aryl methyl sites for hydroxylation is 2. The number of sulfone groups is 1. The maximum absolute atomic E-state index is 11.4. The molecule has 3 aromatic carbocycles. The Hall–Kier alpha value is -5.96. The van der Waals surface area contributed by atoms with Gasteiger partial charge in [0.05, 0.1) is 57.0 Å². The third-order valence-electron chi connectivity index (χ3n) is 12.3. The van der Waals surface area contributed by atoms with Crippen molar-refractivity contribution >= 4 is 57.4 Å². The first-order chi connectivity index (χ1) is 37.7. The molecule has 0 spiro atoms. The summed E-state index contributed by atoms with van der Waals surface area (Å²) < 4.78 is 46.3. The molecular formula is C62H78B2Br2N4O6S. The summed E-state index contributed by atoms with van der Waals surface area (Å²) in [6, 6.07) is 23.2. The van der Waals surface area contributed by atoms with Gasteiger partial charge in [-0.1, -0.05) is 151 Å². The van der Waals surface area contributed by atoms with Crippen molar-refractivity contribution in [2.45, 2.75) is 154 Å². The zero-order valence-electron chi connectivity index (χ0n) is 47.9. The van der Waals surface area contributed by atoms with Crippen LogP contribution in [0.1, 0.15) is 143 Å². The van der Waals surface area contributed by atoms with E-state index >= 15 is 0 Å². The van der Waals surface area contributed by atoms with Gasteiger partial charge in [-0.3, -0.25) is 0 Å². The number of unbranched alkanes of at least 4 members (excludes halogenated alkanes) is 4. The van der Waals surface area contributed by atoms with E-state index in [9.17, 15) is 18.6 Å². The van der Waals surface area contributed by atoms with Crippen LogP contribution in [-0.2, 0) is 22.7 Å². The molecule has 4 radical (unpaired) electrons. The zero-order valence-corrected chi connectivity index (χ0v) is 49.8. The molecule has 0 saturated heterocycles. The Morgan fingerprint density at radius 1 is 0.753 bits per heavy atom. The first-order valence-corrected chi connectivity index (χ1v) is 29.1. The smallest absolute Gasteiger partial charge is 0.200 e. The Labute approximate surface area is 485 Å². The molecule has 1 unspecified atom stereocenters. The van der Waals surface area contributed by atoms with Crippen molar-refractivity contribution in [3.63, 3.8) is 0 Å². The molecule has 0 aliphatic heterocycles. The third-order valence-corrected chi connectivity index (χ3v) is 15.7. The number of phenols is 2. The van der Waals surface area contributed by atoms with Gasteiger partial charge in [0, 0.05) is 42.5 Å². The van der Waals surface area contributed by atoms with Crippen LogP contribution in [0.2, 0.25) is 13.6 Å². The average molecular weight is 1190 g/mol. The summed E-state index contributed by atoms with van der Waals surface area (Å²) in [6.07, 6.45) is 23.6. The molecule has 3 aromatic rings. The van der Waals surface area contributed by atoms with E-state index < -0.39 is 9.84 Å². The molecule has 2 aliphatic carbocycles. The summed E-state index contributed by atoms with van der Waals surface area (Å²) in [7, 11) is 5.60. The quantitative estimate of drug-likeness (QED) is 0.0292. The minimum Gasteiger partial charge on any atom is -0.507 e. The van der Waals surface area contributed by atoms with E-state index in [-0.39, 0.29) is 58.5 Å². The molecule has 0 aromatic heterocycles. The normalized spacial score (nSPS) is 17.1. The molecule has 5 rings (SSSR count). The predicted octanol–water partition coefficient (Wildman–Crippen LogP) is 16.7. The van der Waals surface area contributed by atoms with Gasteiger partial charge in [0.25, 0.3) is 0 Å². The maximum Gasteiger partial charge on any atom is 0.200 e. The highest BCUT2D eigenvalue weighted by Gasteiger charge is 2.32. The number of phenolic OH excluding ortho intramolecular Hbond substituents is 2. The number of hydrogen-bond acceptors (Lipinski definition) is 10. The fourth-order valence-corrected chi connectivity index (χ4v) is 9.66. The van der Waals surface area contributed by atoms with Crippen LogP contribution in [0.15, 0.2) is 143 Å². The number of halogens is 2. The van der Waals surface area contributed by atoms with Gasteiger partial charge in [-0.05, 0) is 138 Å². The zero-order chi connectivity index (χ0) is 59.8. The highest BCUT2D eigenvalue weighted by molar-refractivity contribution is 9.12. The summed E-state index contributed by atoms with van der Waals surface area (Å²) in [5, 5.41) is 57.1. The maximum atomic E-state index is 11.4. The molecule has 2 aliphatic rings. The summed E-state index contributed by atoms with van der Waals surface area (Å²) in [4.78, 5) is 0.166. The topological polar surface area (TPSA) is 188 Å². The summed E-state index contributed by atoms with van der Waals surface area (Å²) in [5.74, 6) is 2.42. The number of alkyl halides is 2. The number of hydrogen-bond donors (Lipinski definition) is 2. The lowest BCUT2D eigenvalue weighted by Crippen LogP contribution is -2.17. The Bertz CT molecular complexity index is 2650. The average Bonchev–Trinajstić information content (AvgIpc) is 3.42. The van der Waals surface area contributed by atoms with Gasteiger partial charge < -0.3 is 19.7 Å². The minimum absolute atomic E-state index is 0. The molecule has 10 nitrogen and oxygen atoms in total. The molecule has 15 heteroatoms. The molecule has 77 heavy (non-hydrogen) atoms. The predicted molar refractivity (Wildman–Crippen MR) is 325 cm³/mol. The number of nitrogens with zero attached hydrogens (tertiary/aromatic N) is 4. The van der Waals surface area contributed by atoms with Crippen molar-refractivity contribution in [1.82, 2.24) is 0 Å². The highest BCUT2D eigenvalue weighted by atomic mass is 79.9. The number of nitriles is 4. The van der Waals surface area contributed by atoms with Crippen LogP contribution in [0.25, 0.3) is 0 Å². The first-order valence-electron chi connectivity index (χ1n) is 26.9. The van der Waals surface area contributed by atoms with Crippen LogP contribution < -0.4 is 9.47 Å². The molecule has 2 N–H and O–H groups in total. The number of ether oxygens (including phenoxy) is 2. The van der Waals surface area contributed by atoms with Crippen molar-refractivity contribution in [3.8, 4) is 47.3 Å². The van der Waals surface area contributed by atoms with Gasteiger partial charge in [0.15, 0.2) is 0 Å². The van der Waals surface area contributed by atoms with Crippen molar-refractivity contribution in [2.75, 3.05) is 5.33 Å². The summed E-state index contributed by atoms with van der Waals surface area (Å²) in [5.41, 5.74) is 8.60. The molecular weight excluding hydrogens is 1110 g/mol. The number of aromatic hydroxyl groups is 2. The van der Waals surface area contributed by atoms with E-state index in [4.69, 9.17) is 33.3 Å². The van der Waals surface area contributed by atoms with Crippen LogP contribution in [0.3, 0.4) is 0 Å². The van der Waals surface area contributed by atoms with E-state index in [1.807, 2.05) is 42.5 Å². The SMILES string of the molecule is C=C(C)[C@@H]1CCC(C)=C[C@H]1c1c(O)cc(CCCCC)cc1O/C=C/C#N.C=C(C)[C@@H]1CCC(C)=C[C@H]1c1c(O)cc(CCCCC)cc1O/C=C\C#N.N#C/C=C/S(=O)(=O)c1ccccc1.N#CC(Br)CBr.[2H]C[B].[2H]C[B]. The second-order valence-corrected chi connectivity index (χ2v) is 21.8. The second-order valence-electron chi connectivity index (χ2n) is 18.2. The van der Waals surface area contributed by atoms with E-state index in [1.165, 1.54) is 48.0 Å². The summed E-state index contributed by atoms with van der Waals surface area (Å²) >= 11 is 6.17. The minimum atomic E-state index is -3.43. The van der Waals surface area contributed by atoms with Crippen molar-refractivity contribution in [2.24, 2.45) is 11.8 Å². The van der Waals surface area contributed by atoms with Gasteiger partial charge in [-0.25, -0.2) is 8.42 Å². The number of rotatable bonds is 19. The Morgan fingerprint density at radius 2 is 1.16 bits per heavy atom. The Balaban J connectivity index is 0.00000109. The van der Waals surface area contributed by atoms with Gasteiger partial charge in [0.1, 0.15) is 40.3 Å². The van der Waals surface area contributed by atoms with Crippen LogP contribution >= 0.6 is 31.9 Å². The fraction of sp³-hybridized carbons (Fsp3) is 0.419. The molecule has 5 atom stereocenters. The van der Waals surface area contributed by atoms with Gasteiger partial charge in [-0.15, -0.1) is 0 Å². The second kappa shape index (κ2) is 41.2. The van der Waals surface area contributed by atoms with Crippen LogP contribution in [0.5, 0.6) is 23.0 Å². The summed E-state index contributed by atoms with van der Waals surface area (Å²) in [6.45, 7) is 21.1. The van der Waals surface area contributed by atoms with Gasteiger partial charge >= 0.3 is 0 Å². The van der Waals surface area contributed by atoms with Crippen LogP contribution in [0.4, 0.5) is 0 Å². The Kier molecular flexibility index (Phi) is 35.9.